The Morgan fingerprint density at radius 2 is 1.68 bits per heavy atom. The van der Waals surface area contributed by atoms with Gasteiger partial charge in [0.05, 0.1) is 11.4 Å². The molecule has 6 nitrogen and oxygen atoms in total. The molecule has 0 spiro atoms. The smallest absolute Gasteiger partial charge is 0.243 e. The van der Waals surface area contributed by atoms with Gasteiger partial charge < -0.3 is 5.32 Å². The predicted octanol–water partition coefficient (Wildman–Crippen LogP) is 1.84. The zero-order valence-electron chi connectivity index (χ0n) is 13.9. The normalized spacial score (nSPS) is 15.4. The van der Waals surface area contributed by atoms with Crippen LogP contribution in [-0.4, -0.2) is 43.1 Å². The zero-order chi connectivity index (χ0) is 17.7. The minimum Gasteiger partial charge on any atom is -0.306 e. The number of carbonyl (C=O) groups is 1. The van der Waals surface area contributed by atoms with Gasteiger partial charge in [-0.15, -0.1) is 0 Å². The Labute approximate surface area is 147 Å². The average molecular weight is 359 g/mol. The lowest BCUT2D eigenvalue weighted by atomic mass is 10.1. The number of Topliss-reactive ketones (excluding diaryl/α,β-unsaturated/α-hetero) is 1. The standard InChI is InChI=1S/C18H21N3O3S/c22-18(14-20-13-15-7-9-19-10-8-15)16-3-5-17(6-4-16)25(23,24)21-11-1-2-12-21/h3-10,20H,1-2,11-14H2. The predicted molar refractivity (Wildman–Crippen MR) is 94.7 cm³/mol. The van der Waals surface area contributed by atoms with Crippen molar-refractivity contribution in [3.05, 3.63) is 59.9 Å². The van der Waals surface area contributed by atoms with Crippen molar-refractivity contribution >= 4 is 15.8 Å². The van der Waals surface area contributed by atoms with E-state index in [9.17, 15) is 13.2 Å². The molecule has 0 amide bonds. The number of pyridine rings is 1. The van der Waals surface area contributed by atoms with Crippen LogP contribution in [0.25, 0.3) is 0 Å². The summed E-state index contributed by atoms with van der Waals surface area (Å²) in [5.41, 5.74) is 1.55. The summed E-state index contributed by atoms with van der Waals surface area (Å²) < 4.78 is 26.4. The van der Waals surface area contributed by atoms with Crippen molar-refractivity contribution in [3.8, 4) is 0 Å². The van der Waals surface area contributed by atoms with Crippen molar-refractivity contribution in [2.45, 2.75) is 24.3 Å². The number of nitrogens with zero attached hydrogens (tertiary/aromatic N) is 2. The van der Waals surface area contributed by atoms with Crippen LogP contribution in [0.5, 0.6) is 0 Å². The molecule has 1 fully saturated rings. The molecule has 3 rings (SSSR count). The number of benzene rings is 1. The topological polar surface area (TPSA) is 79.4 Å². The Balaban J connectivity index is 1.59. The number of ketones is 1. The molecule has 0 atom stereocenters. The molecule has 1 N–H and O–H groups in total. The minimum atomic E-state index is -3.43. The van der Waals surface area contributed by atoms with Gasteiger partial charge in [0.25, 0.3) is 0 Å². The van der Waals surface area contributed by atoms with E-state index >= 15 is 0 Å². The van der Waals surface area contributed by atoms with E-state index in [0.717, 1.165) is 18.4 Å². The maximum Gasteiger partial charge on any atom is 0.243 e. The van der Waals surface area contributed by atoms with Crippen LogP contribution in [-0.2, 0) is 16.6 Å². The highest BCUT2D eigenvalue weighted by Gasteiger charge is 2.27. The highest BCUT2D eigenvalue weighted by molar-refractivity contribution is 7.89. The molecular formula is C18H21N3O3S. The lowest BCUT2D eigenvalue weighted by Gasteiger charge is -2.15. The summed E-state index contributed by atoms with van der Waals surface area (Å²) >= 11 is 0. The Morgan fingerprint density at radius 1 is 1.04 bits per heavy atom. The summed E-state index contributed by atoms with van der Waals surface area (Å²) in [4.78, 5) is 16.4. The van der Waals surface area contributed by atoms with Crippen LogP contribution >= 0.6 is 0 Å². The van der Waals surface area contributed by atoms with Gasteiger partial charge in [0, 0.05) is 37.6 Å². The molecule has 0 saturated carbocycles. The van der Waals surface area contributed by atoms with Gasteiger partial charge in [0.15, 0.2) is 5.78 Å². The number of aromatic nitrogens is 1. The molecule has 0 aliphatic carbocycles. The number of rotatable bonds is 7. The Morgan fingerprint density at radius 3 is 2.32 bits per heavy atom. The summed E-state index contributed by atoms with van der Waals surface area (Å²) in [7, 11) is -3.43. The second-order valence-electron chi connectivity index (χ2n) is 6.02. The van der Waals surface area contributed by atoms with Crippen LogP contribution in [0.2, 0.25) is 0 Å². The van der Waals surface area contributed by atoms with Gasteiger partial charge in [-0.05, 0) is 42.7 Å². The number of hydrogen-bond donors (Lipinski definition) is 1. The van der Waals surface area contributed by atoms with Crippen molar-refractivity contribution in [2.24, 2.45) is 0 Å². The van der Waals surface area contributed by atoms with E-state index in [1.165, 1.54) is 16.4 Å². The van der Waals surface area contributed by atoms with E-state index < -0.39 is 10.0 Å². The third-order valence-electron chi connectivity index (χ3n) is 4.24. The molecule has 1 aliphatic heterocycles. The molecule has 0 unspecified atom stereocenters. The second-order valence-corrected chi connectivity index (χ2v) is 7.96. The molecule has 2 aromatic rings. The number of carbonyl (C=O) groups excluding carboxylic acids is 1. The SMILES string of the molecule is O=C(CNCc1ccncc1)c1ccc(S(=O)(=O)N2CCCC2)cc1. The Kier molecular flexibility index (Phi) is 5.57. The van der Waals surface area contributed by atoms with E-state index in [2.05, 4.69) is 10.3 Å². The maximum absolute atomic E-state index is 12.5. The van der Waals surface area contributed by atoms with Gasteiger partial charge in [-0.25, -0.2) is 8.42 Å². The molecule has 1 aliphatic rings. The average Bonchev–Trinajstić information content (AvgIpc) is 3.18. The highest BCUT2D eigenvalue weighted by atomic mass is 32.2. The van der Waals surface area contributed by atoms with Crippen LogP contribution in [0.4, 0.5) is 0 Å². The van der Waals surface area contributed by atoms with Gasteiger partial charge in [0.2, 0.25) is 10.0 Å². The third kappa shape index (κ3) is 4.31. The third-order valence-corrected chi connectivity index (χ3v) is 6.16. The first-order valence-electron chi connectivity index (χ1n) is 8.30. The number of sulfonamides is 1. The Bertz CT molecular complexity index is 814. The molecule has 1 aromatic heterocycles. The molecule has 0 bridgehead atoms. The molecular weight excluding hydrogens is 338 g/mol. The van der Waals surface area contributed by atoms with Crippen molar-refractivity contribution in [1.29, 1.82) is 0 Å². The van der Waals surface area contributed by atoms with Crippen LogP contribution in [0.3, 0.4) is 0 Å². The van der Waals surface area contributed by atoms with Crippen molar-refractivity contribution in [2.75, 3.05) is 19.6 Å². The molecule has 2 heterocycles. The van der Waals surface area contributed by atoms with Crippen molar-refractivity contribution in [1.82, 2.24) is 14.6 Å². The summed E-state index contributed by atoms with van der Waals surface area (Å²) in [6.07, 6.45) is 5.22. The van der Waals surface area contributed by atoms with Gasteiger partial charge in [-0.3, -0.25) is 9.78 Å². The van der Waals surface area contributed by atoms with E-state index in [1.807, 2.05) is 12.1 Å². The number of hydrogen-bond acceptors (Lipinski definition) is 5. The quantitative estimate of drug-likeness (QED) is 0.763. The first-order chi connectivity index (χ1) is 12.1. The fourth-order valence-corrected chi connectivity index (χ4v) is 4.33. The van der Waals surface area contributed by atoms with E-state index in [1.54, 1.807) is 24.5 Å². The minimum absolute atomic E-state index is 0.0702. The summed E-state index contributed by atoms with van der Waals surface area (Å²) in [6, 6.07) is 9.97. The van der Waals surface area contributed by atoms with E-state index in [0.29, 0.717) is 25.2 Å². The fourth-order valence-electron chi connectivity index (χ4n) is 2.81. The van der Waals surface area contributed by atoms with Crippen LogP contribution < -0.4 is 5.32 Å². The maximum atomic E-state index is 12.5. The van der Waals surface area contributed by atoms with Crippen LogP contribution in [0.1, 0.15) is 28.8 Å². The molecule has 1 saturated heterocycles. The molecule has 25 heavy (non-hydrogen) atoms. The van der Waals surface area contributed by atoms with Gasteiger partial charge in [0.1, 0.15) is 0 Å². The van der Waals surface area contributed by atoms with E-state index in [-0.39, 0.29) is 17.2 Å². The summed E-state index contributed by atoms with van der Waals surface area (Å²) in [6.45, 7) is 1.92. The lowest BCUT2D eigenvalue weighted by molar-refractivity contribution is 0.0990. The summed E-state index contributed by atoms with van der Waals surface area (Å²) in [5, 5.41) is 3.09. The van der Waals surface area contributed by atoms with Gasteiger partial charge >= 0.3 is 0 Å². The second kappa shape index (κ2) is 7.86. The largest absolute Gasteiger partial charge is 0.306 e. The Hall–Kier alpha value is -2.09. The monoisotopic (exact) mass is 359 g/mol. The number of nitrogens with one attached hydrogen (secondary N) is 1. The lowest BCUT2D eigenvalue weighted by Crippen LogP contribution is -2.28. The van der Waals surface area contributed by atoms with Crippen LogP contribution in [0, 0.1) is 0 Å². The first kappa shape index (κ1) is 17.7. The molecule has 1 aromatic carbocycles. The molecule has 132 valence electrons. The summed E-state index contributed by atoms with van der Waals surface area (Å²) in [5.74, 6) is -0.0702. The van der Waals surface area contributed by atoms with Gasteiger partial charge in [-0.1, -0.05) is 12.1 Å². The first-order valence-corrected chi connectivity index (χ1v) is 9.74. The zero-order valence-corrected chi connectivity index (χ0v) is 14.7. The molecule has 0 radical (unpaired) electrons. The molecule has 7 heteroatoms. The van der Waals surface area contributed by atoms with Crippen molar-refractivity contribution in [3.63, 3.8) is 0 Å². The van der Waals surface area contributed by atoms with Crippen molar-refractivity contribution < 1.29 is 13.2 Å². The van der Waals surface area contributed by atoms with Crippen LogP contribution in [0.15, 0.2) is 53.7 Å². The van der Waals surface area contributed by atoms with Gasteiger partial charge in [-0.2, -0.15) is 4.31 Å². The highest BCUT2D eigenvalue weighted by Crippen LogP contribution is 2.21. The fraction of sp³-hybridized carbons (Fsp3) is 0.333. The van der Waals surface area contributed by atoms with E-state index in [4.69, 9.17) is 0 Å².